The van der Waals surface area contributed by atoms with Crippen LogP contribution in [0.1, 0.15) is 10.4 Å². The zero-order chi connectivity index (χ0) is 21.4. The number of rotatable bonds is 6. The van der Waals surface area contributed by atoms with Crippen molar-refractivity contribution in [2.24, 2.45) is 0 Å². The van der Waals surface area contributed by atoms with Crippen LogP contribution in [0.15, 0.2) is 65.1 Å². The normalized spacial score (nSPS) is 12.9. The van der Waals surface area contributed by atoms with Crippen molar-refractivity contribution < 1.29 is 14.3 Å². The number of hydrogen-bond acceptors (Lipinski definition) is 7. The molecule has 0 unspecified atom stereocenters. The van der Waals surface area contributed by atoms with Crippen LogP contribution in [0.25, 0.3) is 16.7 Å². The van der Waals surface area contributed by atoms with E-state index in [9.17, 15) is 9.59 Å². The van der Waals surface area contributed by atoms with Gasteiger partial charge in [-0.1, -0.05) is 30.0 Å². The molecule has 3 heterocycles. The monoisotopic (exact) mass is 434 g/mol. The maximum Gasteiger partial charge on any atom is 0.263 e. The lowest BCUT2D eigenvalue weighted by molar-refractivity contribution is 0.102. The smallest absolute Gasteiger partial charge is 0.263 e. The van der Waals surface area contributed by atoms with Gasteiger partial charge in [-0.2, -0.15) is 0 Å². The molecule has 2 aromatic carbocycles. The third kappa shape index (κ3) is 3.36. The van der Waals surface area contributed by atoms with Gasteiger partial charge < -0.3 is 9.47 Å². The van der Waals surface area contributed by atoms with Crippen molar-refractivity contribution in [2.75, 3.05) is 19.0 Å². The molecular weight excluding hydrogens is 416 g/mol. The Morgan fingerprint density at radius 3 is 2.77 bits per heavy atom. The molecule has 8 nitrogen and oxygen atoms in total. The number of fused-ring (bicyclic) bond motifs is 4. The van der Waals surface area contributed by atoms with Gasteiger partial charge in [0.05, 0.1) is 16.7 Å². The number of nitrogens with zero attached hydrogens (tertiary/aromatic N) is 4. The zero-order valence-corrected chi connectivity index (χ0v) is 17.3. The Labute approximate surface area is 181 Å². The van der Waals surface area contributed by atoms with Crippen LogP contribution in [0.3, 0.4) is 0 Å². The molecule has 1 aliphatic heterocycles. The van der Waals surface area contributed by atoms with Crippen molar-refractivity contribution in [3.8, 4) is 11.5 Å². The molecule has 0 spiro atoms. The van der Waals surface area contributed by atoms with Crippen molar-refractivity contribution in [1.82, 2.24) is 19.2 Å². The quantitative estimate of drug-likeness (QED) is 0.262. The van der Waals surface area contributed by atoms with Crippen LogP contribution in [0.5, 0.6) is 11.5 Å². The molecule has 0 atom stereocenters. The number of Topliss-reactive ketones (excluding diaryl/α,β-unsaturated/α-hetero) is 1. The number of thioether (sulfide) groups is 1. The second-order valence-electron chi connectivity index (χ2n) is 6.91. The first-order valence-electron chi connectivity index (χ1n) is 9.70. The molecule has 9 heteroatoms. The highest BCUT2D eigenvalue weighted by Gasteiger charge is 2.19. The summed E-state index contributed by atoms with van der Waals surface area (Å²) < 4.78 is 14.4. The zero-order valence-electron chi connectivity index (χ0n) is 16.5. The summed E-state index contributed by atoms with van der Waals surface area (Å²) in [6, 6.07) is 12.5. The number of ketones is 1. The topological polar surface area (TPSA) is 87.7 Å². The third-order valence-corrected chi connectivity index (χ3v) is 5.92. The summed E-state index contributed by atoms with van der Waals surface area (Å²) in [6.07, 6.45) is 1.64. The highest BCUT2D eigenvalue weighted by Crippen LogP contribution is 2.31. The first-order chi connectivity index (χ1) is 15.2. The number of benzene rings is 2. The molecule has 5 rings (SSSR count). The van der Waals surface area contributed by atoms with Crippen molar-refractivity contribution in [3.05, 3.63) is 71.0 Å². The van der Waals surface area contributed by atoms with Gasteiger partial charge in [0.2, 0.25) is 5.78 Å². The van der Waals surface area contributed by atoms with Crippen LogP contribution in [0.4, 0.5) is 0 Å². The number of para-hydroxylation sites is 1. The van der Waals surface area contributed by atoms with Crippen molar-refractivity contribution in [1.29, 1.82) is 0 Å². The largest absolute Gasteiger partial charge is 0.486 e. The van der Waals surface area contributed by atoms with E-state index < -0.39 is 0 Å². The first-order valence-corrected chi connectivity index (χ1v) is 10.7. The van der Waals surface area contributed by atoms with Crippen LogP contribution >= 0.6 is 11.8 Å². The fourth-order valence-electron chi connectivity index (χ4n) is 3.55. The van der Waals surface area contributed by atoms with Crippen LogP contribution in [-0.2, 0) is 6.54 Å². The van der Waals surface area contributed by atoms with Gasteiger partial charge in [-0.05, 0) is 30.3 Å². The predicted octanol–water partition coefficient (Wildman–Crippen LogP) is 2.98. The molecule has 4 aromatic rings. The summed E-state index contributed by atoms with van der Waals surface area (Å²) in [7, 11) is 0. The van der Waals surface area contributed by atoms with E-state index in [4.69, 9.17) is 9.47 Å². The number of carbonyl (C=O) groups is 1. The van der Waals surface area contributed by atoms with Crippen LogP contribution in [0, 0.1) is 0 Å². The lowest BCUT2D eigenvalue weighted by Gasteiger charge is -2.18. The van der Waals surface area contributed by atoms with Gasteiger partial charge in [-0.25, -0.2) is 0 Å². The van der Waals surface area contributed by atoms with E-state index in [2.05, 4.69) is 16.8 Å². The van der Waals surface area contributed by atoms with Gasteiger partial charge in [0.15, 0.2) is 22.4 Å². The molecule has 0 saturated heterocycles. The summed E-state index contributed by atoms with van der Waals surface area (Å²) in [5.74, 6) is 1.73. The Hall–Kier alpha value is -3.59. The van der Waals surface area contributed by atoms with Gasteiger partial charge >= 0.3 is 0 Å². The molecule has 156 valence electrons. The van der Waals surface area contributed by atoms with E-state index >= 15 is 0 Å². The van der Waals surface area contributed by atoms with Crippen LogP contribution in [0.2, 0.25) is 0 Å². The average Bonchev–Trinajstić information content (AvgIpc) is 3.24. The fourth-order valence-corrected chi connectivity index (χ4v) is 4.39. The summed E-state index contributed by atoms with van der Waals surface area (Å²) in [5.41, 5.74) is 1.08. The Balaban J connectivity index is 1.49. The Kier molecular flexibility index (Phi) is 4.95. The average molecular weight is 434 g/mol. The number of carbonyl (C=O) groups excluding carboxylic acids is 1. The standard InChI is InChI=1S/C22H18N4O4S/c1-2-9-25-20(28)15-5-3-4-6-16(15)26-21(25)23-24-22(26)31-13-17(27)14-7-8-18-19(12-14)30-11-10-29-18/h2-8,12H,1,9-11,13H2. The van der Waals surface area contributed by atoms with E-state index in [0.717, 1.165) is 0 Å². The summed E-state index contributed by atoms with van der Waals surface area (Å²) in [5, 5.41) is 9.56. The van der Waals surface area contributed by atoms with E-state index in [1.807, 2.05) is 22.6 Å². The van der Waals surface area contributed by atoms with Crippen LogP contribution < -0.4 is 15.0 Å². The van der Waals surface area contributed by atoms with Gasteiger partial charge in [0.1, 0.15) is 13.2 Å². The lowest BCUT2D eigenvalue weighted by atomic mass is 10.1. The Morgan fingerprint density at radius 1 is 1.13 bits per heavy atom. The van der Waals surface area contributed by atoms with Crippen LogP contribution in [-0.4, -0.2) is 43.9 Å². The maximum atomic E-state index is 12.9. The molecular formula is C22H18N4O4S. The summed E-state index contributed by atoms with van der Waals surface area (Å²) in [6.45, 7) is 5.00. The number of ether oxygens (including phenoxy) is 2. The molecule has 0 bridgehead atoms. The first kappa shape index (κ1) is 19.4. The van der Waals surface area contributed by atoms with Gasteiger partial charge in [-0.3, -0.25) is 18.6 Å². The molecule has 0 aliphatic carbocycles. The van der Waals surface area contributed by atoms with Crippen molar-refractivity contribution >= 4 is 34.2 Å². The third-order valence-electron chi connectivity index (χ3n) is 4.99. The van der Waals surface area contributed by atoms with E-state index in [1.54, 1.807) is 30.3 Å². The van der Waals surface area contributed by atoms with Crippen molar-refractivity contribution in [3.63, 3.8) is 0 Å². The van der Waals surface area contributed by atoms with Gasteiger partial charge in [-0.15, -0.1) is 16.8 Å². The molecule has 0 fully saturated rings. The van der Waals surface area contributed by atoms with E-state index in [0.29, 0.717) is 58.7 Å². The fraction of sp³-hybridized carbons (Fsp3) is 0.182. The SMILES string of the molecule is C=CCn1c(=O)c2ccccc2n2c(SCC(=O)c3ccc4c(c3)OCCO4)nnc12. The maximum absolute atomic E-state index is 12.9. The highest BCUT2D eigenvalue weighted by molar-refractivity contribution is 7.99. The van der Waals surface area contributed by atoms with Gasteiger partial charge in [0.25, 0.3) is 5.56 Å². The highest BCUT2D eigenvalue weighted by atomic mass is 32.2. The minimum atomic E-state index is -0.153. The molecule has 0 radical (unpaired) electrons. The minimum Gasteiger partial charge on any atom is -0.486 e. The molecule has 0 N–H and O–H groups in total. The number of aromatic nitrogens is 4. The van der Waals surface area contributed by atoms with Crippen molar-refractivity contribution in [2.45, 2.75) is 11.7 Å². The lowest BCUT2D eigenvalue weighted by Crippen LogP contribution is -2.22. The summed E-state index contributed by atoms with van der Waals surface area (Å²) in [4.78, 5) is 25.7. The summed E-state index contributed by atoms with van der Waals surface area (Å²) >= 11 is 1.27. The van der Waals surface area contributed by atoms with E-state index in [1.165, 1.54) is 16.3 Å². The second kappa shape index (κ2) is 7.92. The molecule has 31 heavy (non-hydrogen) atoms. The van der Waals surface area contributed by atoms with Gasteiger partial charge in [0, 0.05) is 12.1 Å². The molecule has 2 aromatic heterocycles. The number of allylic oxidation sites excluding steroid dienone is 1. The molecule has 0 saturated carbocycles. The Morgan fingerprint density at radius 2 is 1.94 bits per heavy atom. The molecule has 0 amide bonds. The predicted molar refractivity (Wildman–Crippen MR) is 117 cm³/mol. The number of hydrogen-bond donors (Lipinski definition) is 0. The van der Waals surface area contributed by atoms with E-state index in [-0.39, 0.29) is 17.1 Å². The minimum absolute atomic E-state index is 0.0672. The Bertz CT molecular complexity index is 1390. The second-order valence-corrected chi connectivity index (χ2v) is 7.85. The molecule has 1 aliphatic rings.